The highest BCUT2D eigenvalue weighted by atomic mass is 31.2. The lowest BCUT2D eigenvalue weighted by Gasteiger charge is -2.26. The fourth-order valence-corrected chi connectivity index (χ4v) is 9.13. The molecule has 0 rings (SSSR count). The molecule has 0 aliphatic carbocycles. The third kappa shape index (κ3) is 49.0. The molecule has 63 heavy (non-hydrogen) atoms. The standard InChI is InChI=1S/C54H109N2O6P/c1-6-8-10-12-14-16-18-20-22-24-26-28-30-32-34-36-38-40-42-44-46-48-54(58)55-52(51-62-63(59,60)61-50-49-56(3,4)5)53(57)47-45-43-41-39-37-35-33-31-29-27-25-23-21-19-17-15-13-11-9-7-2/h24,26,52-53,57H,6-23,25,27-51H2,1-5H3,(H-,55,58,59,60)/p+1/b26-24-. The smallest absolute Gasteiger partial charge is 0.391 e. The molecule has 0 aliphatic rings. The van der Waals surface area contributed by atoms with Crippen molar-refractivity contribution in [3.8, 4) is 0 Å². The number of nitrogens with one attached hydrogen (secondary N) is 1. The minimum Gasteiger partial charge on any atom is -0.391 e. The second-order valence-corrected chi connectivity index (χ2v) is 21.8. The van der Waals surface area contributed by atoms with Crippen LogP contribution in [-0.2, 0) is 18.4 Å². The van der Waals surface area contributed by atoms with Crippen molar-refractivity contribution in [1.82, 2.24) is 5.32 Å². The Morgan fingerprint density at radius 2 is 0.857 bits per heavy atom. The highest BCUT2D eigenvalue weighted by Gasteiger charge is 2.28. The Hall–Kier alpha value is -0.760. The van der Waals surface area contributed by atoms with Gasteiger partial charge in [-0.3, -0.25) is 13.8 Å². The summed E-state index contributed by atoms with van der Waals surface area (Å²) < 4.78 is 23.8. The predicted molar refractivity (Wildman–Crippen MR) is 272 cm³/mol. The van der Waals surface area contributed by atoms with Crippen molar-refractivity contribution in [2.45, 2.75) is 289 Å². The van der Waals surface area contributed by atoms with Crippen molar-refractivity contribution >= 4 is 13.7 Å². The van der Waals surface area contributed by atoms with Crippen LogP contribution >= 0.6 is 7.82 Å². The van der Waals surface area contributed by atoms with Gasteiger partial charge in [0.15, 0.2) is 0 Å². The van der Waals surface area contributed by atoms with Crippen molar-refractivity contribution in [3.63, 3.8) is 0 Å². The monoisotopic (exact) mass is 914 g/mol. The number of carbonyl (C=O) groups excluding carboxylic acids is 1. The molecule has 0 bridgehead atoms. The normalized spacial score (nSPS) is 14.1. The van der Waals surface area contributed by atoms with Gasteiger partial charge in [0, 0.05) is 6.42 Å². The van der Waals surface area contributed by atoms with Gasteiger partial charge in [-0.15, -0.1) is 0 Å². The Balaban J connectivity index is 4.19. The van der Waals surface area contributed by atoms with Crippen molar-refractivity contribution in [2.75, 3.05) is 40.9 Å². The van der Waals surface area contributed by atoms with Crippen LogP contribution in [0.3, 0.4) is 0 Å². The van der Waals surface area contributed by atoms with Crippen LogP contribution in [0.5, 0.6) is 0 Å². The maximum atomic E-state index is 13.0. The summed E-state index contributed by atoms with van der Waals surface area (Å²) in [4.78, 5) is 23.3. The van der Waals surface area contributed by atoms with Gasteiger partial charge in [-0.25, -0.2) is 4.57 Å². The molecule has 3 N–H and O–H groups in total. The van der Waals surface area contributed by atoms with Crippen LogP contribution in [0.25, 0.3) is 0 Å². The first kappa shape index (κ1) is 62.2. The summed E-state index contributed by atoms with van der Waals surface area (Å²) >= 11 is 0. The molecular formula is C54H110N2O6P+. The number of phosphoric ester groups is 1. The summed E-state index contributed by atoms with van der Waals surface area (Å²) in [6, 6.07) is -0.759. The Morgan fingerprint density at radius 3 is 1.22 bits per heavy atom. The number of quaternary nitrogens is 1. The summed E-state index contributed by atoms with van der Waals surface area (Å²) in [7, 11) is 1.63. The molecule has 0 aromatic carbocycles. The van der Waals surface area contributed by atoms with Gasteiger partial charge in [-0.05, 0) is 38.5 Å². The highest BCUT2D eigenvalue weighted by molar-refractivity contribution is 7.47. The molecular weight excluding hydrogens is 804 g/mol. The maximum absolute atomic E-state index is 13.0. The van der Waals surface area contributed by atoms with Gasteiger partial charge < -0.3 is 19.8 Å². The third-order valence-electron chi connectivity index (χ3n) is 12.8. The molecule has 0 saturated carbocycles. The van der Waals surface area contributed by atoms with Crippen LogP contribution in [0.1, 0.15) is 277 Å². The minimum absolute atomic E-state index is 0.0767. The van der Waals surface area contributed by atoms with E-state index in [2.05, 4.69) is 31.3 Å². The Morgan fingerprint density at radius 1 is 0.524 bits per heavy atom. The number of aliphatic hydroxyl groups excluding tert-OH is 1. The molecule has 0 saturated heterocycles. The van der Waals surface area contributed by atoms with Gasteiger partial charge in [-0.2, -0.15) is 0 Å². The van der Waals surface area contributed by atoms with Crippen LogP contribution in [0.2, 0.25) is 0 Å². The van der Waals surface area contributed by atoms with Gasteiger partial charge >= 0.3 is 7.82 Å². The third-order valence-corrected chi connectivity index (χ3v) is 13.7. The largest absolute Gasteiger partial charge is 0.472 e. The van der Waals surface area contributed by atoms with Crippen LogP contribution in [0.4, 0.5) is 0 Å². The summed E-state index contributed by atoms with van der Waals surface area (Å²) in [5, 5.41) is 14.1. The van der Waals surface area contributed by atoms with Crippen LogP contribution < -0.4 is 5.32 Å². The number of likely N-dealkylation sites (N-methyl/N-ethyl adjacent to an activating group) is 1. The molecule has 376 valence electrons. The van der Waals surface area contributed by atoms with E-state index in [1.54, 1.807) is 0 Å². The van der Waals surface area contributed by atoms with E-state index in [4.69, 9.17) is 9.05 Å². The first-order valence-corrected chi connectivity index (χ1v) is 29.0. The van der Waals surface area contributed by atoms with E-state index in [9.17, 15) is 19.4 Å². The average Bonchev–Trinajstić information content (AvgIpc) is 3.24. The Bertz CT molecular complexity index is 1040. The molecule has 0 spiro atoms. The zero-order chi connectivity index (χ0) is 46.4. The van der Waals surface area contributed by atoms with E-state index < -0.39 is 20.0 Å². The lowest BCUT2D eigenvalue weighted by Crippen LogP contribution is -2.46. The second-order valence-electron chi connectivity index (χ2n) is 20.3. The summed E-state index contributed by atoms with van der Waals surface area (Å²) in [6.07, 6.45) is 55.4. The molecule has 8 nitrogen and oxygen atoms in total. The van der Waals surface area contributed by atoms with Gasteiger partial charge in [0.2, 0.25) is 5.91 Å². The lowest BCUT2D eigenvalue weighted by molar-refractivity contribution is -0.870. The molecule has 0 fully saturated rings. The summed E-state index contributed by atoms with van der Waals surface area (Å²) in [6.45, 7) is 4.93. The average molecular weight is 914 g/mol. The van der Waals surface area contributed by atoms with Crippen molar-refractivity contribution in [2.24, 2.45) is 0 Å². The molecule has 3 unspecified atom stereocenters. The number of carbonyl (C=O) groups is 1. The number of amides is 1. The lowest BCUT2D eigenvalue weighted by atomic mass is 10.0. The van der Waals surface area contributed by atoms with Crippen molar-refractivity contribution in [1.29, 1.82) is 0 Å². The van der Waals surface area contributed by atoms with Gasteiger partial charge in [-0.1, -0.05) is 244 Å². The van der Waals surface area contributed by atoms with Gasteiger partial charge in [0.25, 0.3) is 0 Å². The predicted octanol–water partition coefficient (Wildman–Crippen LogP) is 16.3. The second kappa shape index (κ2) is 46.4. The van der Waals surface area contributed by atoms with Crippen molar-refractivity contribution in [3.05, 3.63) is 12.2 Å². The first-order valence-electron chi connectivity index (χ1n) is 27.6. The van der Waals surface area contributed by atoms with E-state index in [-0.39, 0.29) is 19.1 Å². The SMILES string of the molecule is CCCCCCCCCC/C=C\CCCCCCCCCCCC(=O)NC(COP(=O)(O)OCC[N+](C)(C)C)C(O)CCCCCCCCCCCCCCCCCCCCCC. The van der Waals surface area contributed by atoms with Crippen LogP contribution in [-0.4, -0.2) is 73.4 Å². The minimum atomic E-state index is -4.32. The molecule has 0 radical (unpaired) electrons. The molecule has 1 amide bonds. The number of hydrogen-bond acceptors (Lipinski definition) is 5. The fraction of sp³-hybridized carbons (Fsp3) is 0.944. The maximum Gasteiger partial charge on any atom is 0.472 e. The van der Waals surface area contributed by atoms with Crippen LogP contribution in [0.15, 0.2) is 12.2 Å². The van der Waals surface area contributed by atoms with Gasteiger partial charge in [0.1, 0.15) is 13.2 Å². The van der Waals surface area contributed by atoms with E-state index in [1.165, 1.54) is 212 Å². The number of unbranched alkanes of at least 4 members (excludes halogenated alkanes) is 36. The summed E-state index contributed by atoms with van der Waals surface area (Å²) in [5.41, 5.74) is 0. The van der Waals surface area contributed by atoms with E-state index in [1.807, 2.05) is 21.1 Å². The summed E-state index contributed by atoms with van der Waals surface area (Å²) in [5.74, 6) is -0.142. The number of nitrogens with zero attached hydrogens (tertiary/aromatic N) is 1. The number of aliphatic hydroxyl groups is 1. The Labute approximate surface area is 392 Å². The molecule has 0 aromatic heterocycles. The molecule has 0 aromatic rings. The Kier molecular flexibility index (Phi) is 45.8. The zero-order valence-corrected chi connectivity index (χ0v) is 43.7. The van der Waals surface area contributed by atoms with E-state index in [0.717, 1.165) is 38.5 Å². The molecule has 9 heteroatoms. The molecule has 0 heterocycles. The first-order chi connectivity index (χ1) is 30.5. The molecule has 0 aliphatic heterocycles. The number of rotatable bonds is 51. The van der Waals surface area contributed by atoms with E-state index >= 15 is 0 Å². The number of hydrogen-bond donors (Lipinski definition) is 3. The quantitative estimate of drug-likeness (QED) is 0.0243. The zero-order valence-electron chi connectivity index (χ0n) is 42.8. The topological polar surface area (TPSA) is 105 Å². The van der Waals surface area contributed by atoms with Crippen LogP contribution in [0, 0.1) is 0 Å². The number of phosphoric acid groups is 1. The van der Waals surface area contributed by atoms with E-state index in [0.29, 0.717) is 23.9 Å². The van der Waals surface area contributed by atoms with Gasteiger partial charge in [0.05, 0.1) is 39.9 Å². The molecule has 3 atom stereocenters. The number of allylic oxidation sites excluding steroid dienone is 2. The highest BCUT2D eigenvalue weighted by Crippen LogP contribution is 2.43. The fourth-order valence-electron chi connectivity index (χ4n) is 8.40. The van der Waals surface area contributed by atoms with Crippen molar-refractivity contribution < 1.29 is 32.9 Å².